The van der Waals surface area contributed by atoms with Crippen molar-refractivity contribution in [2.24, 2.45) is 0 Å². The smallest absolute Gasteiger partial charge is 0.414 e. The first-order valence-electron chi connectivity index (χ1n) is 11.5. The van der Waals surface area contributed by atoms with E-state index in [0.29, 0.717) is 43.6 Å². The van der Waals surface area contributed by atoms with Crippen LogP contribution in [-0.4, -0.2) is 80.2 Å². The molecule has 11 heteroatoms. The molecule has 1 unspecified atom stereocenters. The maximum Gasteiger partial charge on any atom is 0.414 e. The van der Waals surface area contributed by atoms with E-state index in [4.69, 9.17) is 9.26 Å². The molecule has 1 aliphatic rings. The molecule has 2 heterocycles. The van der Waals surface area contributed by atoms with Crippen LogP contribution in [0.3, 0.4) is 0 Å². The second-order valence-electron chi connectivity index (χ2n) is 8.64. The van der Waals surface area contributed by atoms with E-state index in [1.54, 1.807) is 24.9 Å². The van der Waals surface area contributed by atoms with Gasteiger partial charge in [-0.15, -0.1) is 0 Å². The van der Waals surface area contributed by atoms with Gasteiger partial charge >= 0.3 is 6.09 Å². The maximum atomic E-state index is 12.6. The molecule has 36 heavy (non-hydrogen) atoms. The SMILES string of the molecule is Cc1nc(-c2ccc(N3CC(CN(C)CCN(C)S(=O)(=O)C=Cc4ccccc4)OC3=O)cc2)no1. The highest BCUT2D eigenvalue weighted by Gasteiger charge is 2.33. The quantitative estimate of drug-likeness (QED) is 0.408. The third-order valence-electron chi connectivity index (χ3n) is 5.82. The minimum absolute atomic E-state index is 0.305. The van der Waals surface area contributed by atoms with E-state index in [2.05, 4.69) is 10.1 Å². The number of anilines is 1. The molecule has 1 amide bonds. The van der Waals surface area contributed by atoms with Crippen LogP contribution in [0.1, 0.15) is 11.5 Å². The van der Waals surface area contributed by atoms with Crippen LogP contribution in [0, 0.1) is 6.92 Å². The lowest BCUT2D eigenvalue weighted by Crippen LogP contribution is -2.38. The number of aryl methyl sites for hydroxylation is 1. The van der Waals surface area contributed by atoms with E-state index in [-0.39, 0.29) is 6.10 Å². The number of rotatable bonds is 10. The van der Waals surface area contributed by atoms with E-state index in [0.717, 1.165) is 11.1 Å². The highest BCUT2D eigenvalue weighted by molar-refractivity contribution is 7.92. The fourth-order valence-electron chi connectivity index (χ4n) is 3.74. The Bertz CT molecular complexity index is 1310. The second kappa shape index (κ2) is 11.0. The lowest BCUT2D eigenvalue weighted by Gasteiger charge is -2.22. The van der Waals surface area contributed by atoms with E-state index in [9.17, 15) is 13.2 Å². The first-order valence-corrected chi connectivity index (χ1v) is 13.0. The van der Waals surface area contributed by atoms with Crippen molar-refractivity contribution >= 4 is 27.9 Å². The zero-order valence-corrected chi connectivity index (χ0v) is 21.3. The fourth-order valence-corrected chi connectivity index (χ4v) is 4.62. The molecule has 1 atom stereocenters. The lowest BCUT2D eigenvalue weighted by atomic mass is 10.2. The summed E-state index contributed by atoms with van der Waals surface area (Å²) in [5.41, 5.74) is 2.32. The number of carbonyl (C=O) groups is 1. The summed E-state index contributed by atoms with van der Waals surface area (Å²) in [5.74, 6) is 0.974. The fraction of sp³-hybridized carbons (Fsp3) is 0.320. The van der Waals surface area contributed by atoms with Crippen molar-refractivity contribution < 1.29 is 22.5 Å². The molecule has 0 spiro atoms. The van der Waals surface area contributed by atoms with Gasteiger partial charge in [-0.1, -0.05) is 35.5 Å². The molecule has 1 saturated heterocycles. The molecule has 190 valence electrons. The van der Waals surface area contributed by atoms with Gasteiger partial charge in [-0.3, -0.25) is 4.90 Å². The molecular weight excluding hydrogens is 482 g/mol. The van der Waals surface area contributed by atoms with Gasteiger partial charge in [-0.2, -0.15) is 4.98 Å². The average Bonchev–Trinajstić information content (AvgIpc) is 3.47. The number of amides is 1. The number of hydrogen-bond acceptors (Lipinski definition) is 8. The summed E-state index contributed by atoms with van der Waals surface area (Å²) in [6.07, 6.45) is 0.835. The number of cyclic esters (lactones) is 1. The van der Waals surface area contributed by atoms with Gasteiger partial charge in [-0.05, 0) is 43.0 Å². The monoisotopic (exact) mass is 511 g/mol. The van der Waals surface area contributed by atoms with Crippen molar-refractivity contribution in [3.05, 3.63) is 71.5 Å². The first kappa shape index (κ1) is 25.5. The zero-order valence-electron chi connectivity index (χ0n) is 20.4. The standard InChI is InChI=1S/C25H29N5O5S/c1-19-26-24(27-35-19)21-9-11-22(12-10-21)30-18-23(34-25(30)31)17-28(2)14-15-29(3)36(32,33)16-13-20-7-5-4-6-8-20/h4-13,16,23H,14-15,17-18H2,1-3H3. The molecule has 0 aliphatic carbocycles. The molecule has 10 nitrogen and oxygen atoms in total. The molecule has 0 radical (unpaired) electrons. The van der Waals surface area contributed by atoms with Crippen LogP contribution >= 0.6 is 0 Å². The first-order chi connectivity index (χ1) is 17.2. The van der Waals surface area contributed by atoms with Gasteiger partial charge in [-0.25, -0.2) is 17.5 Å². The van der Waals surface area contributed by atoms with Gasteiger partial charge in [0.25, 0.3) is 0 Å². The number of nitrogens with zero attached hydrogens (tertiary/aromatic N) is 5. The van der Waals surface area contributed by atoms with Crippen LogP contribution in [0.15, 0.2) is 64.5 Å². The van der Waals surface area contributed by atoms with Crippen LogP contribution in [0.5, 0.6) is 0 Å². The molecule has 1 aromatic heterocycles. The van der Waals surface area contributed by atoms with Crippen LogP contribution < -0.4 is 4.90 Å². The van der Waals surface area contributed by atoms with Crippen molar-refractivity contribution in [2.75, 3.05) is 45.2 Å². The van der Waals surface area contributed by atoms with Gasteiger partial charge < -0.3 is 14.2 Å². The Morgan fingerprint density at radius 3 is 2.47 bits per heavy atom. The summed E-state index contributed by atoms with van der Waals surface area (Å²) < 4.78 is 37.0. The molecule has 4 rings (SSSR count). The van der Waals surface area contributed by atoms with Crippen molar-refractivity contribution in [3.63, 3.8) is 0 Å². The van der Waals surface area contributed by atoms with E-state index in [1.165, 1.54) is 9.71 Å². The highest BCUT2D eigenvalue weighted by Crippen LogP contribution is 2.25. The van der Waals surface area contributed by atoms with Crippen LogP contribution in [0.25, 0.3) is 17.5 Å². The van der Waals surface area contributed by atoms with E-state index < -0.39 is 16.1 Å². The topological polar surface area (TPSA) is 109 Å². The van der Waals surface area contributed by atoms with E-state index >= 15 is 0 Å². The van der Waals surface area contributed by atoms with Crippen LogP contribution in [0.2, 0.25) is 0 Å². The van der Waals surface area contributed by atoms with Gasteiger partial charge in [0.05, 0.1) is 6.54 Å². The summed E-state index contributed by atoms with van der Waals surface area (Å²) in [4.78, 5) is 20.2. The average molecular weight is 512 g/mol. The number of carbonyl (C=O) groups excluding carboxylic acids is 1. The summed E-state index contributed by atoms with van der Waals surface area (Å²) in [7, 11) is -0.115. The Labute approximate surface area is 210 Å². The van der Waals surface area contributed by atoms with Crippen molar-refractivity contribution in [1.29, 1.82) is 0 Å². The molecular formula is C25H29N5O5S. The molecule has 0 N–H and O–H groups in total. The maximum absolute atomic E-state index is 12.6. The van der Waals surface area contributed by atoms with Crippen molar-refractivity contribution in [3.8, 4) is 11.4 Å². The Kier molecular flexibility index (Phi) is 7.82. The zero-order chi connectivity index (χ0) is 25.7. The number of likely N-dealkylation sites (N-methyl/N-ethyl adjacent to an activating group) is 2. The van der Waals surface area contributed by atoms with Crippen LogP contribution in [0.4, 0.5) is 10.5 Å². The summed E-state index contributed by atoms with van der Waals surface area (Å²) in [6.45, 7) is 3.40. The lowest BCUT2D eigenvalue weighted by molar-refractivity contribution is 0.116. The minimum atomic E-state index is -3.54. The highest BCUT2D eigenvalue weighted by atomic mass is 32.2. The molecule has 1 fully saturated rings. The molecule has 0 saturated carbocycles. The summed E-state index contributed by atoms with van der Waals surface area (Å²) in [5, 5.41) is 5.11. The van der Waals surface area contributed by atoms with E-state index in [1.807, 2.05) is 66.5 Å². The number of sulfonamides is 1. The van der Waals surface area contributed by atoms with Crippen LogP contribution in [-0.2, 0) is 14.8 Å². The largest absolute Gasteiger partial charge is 0.443 e. The number of ether oxygens (including phenoxy) is 1. The van der Waals surface area contributed by atoms with Crippen molar-refractivity contribution in [1.82, 2.24) is 19.3 Å². The van der Waals surface area contributed by atoms with Crippen molar-refractivity contribution in [2.45, 2.75) is 13.0 Å². The molecule has 0 bridgehead atoms. The Hall–Kier alpha value is -3.54. The Morgan fingerprint density at radius 2 is 1.81 bits per heavy atom. The molecule has 2 aromatic carbocycles. The predicted octanol–water partition coefficient (Wildman–Crippen LogP) is 3.23. The minimum Gasteiger partial charge on any atom is -0.443 e. The summed E-state index contributed by atoms with van der Waals surface area (Å²) in [6, 6.07) is 16.6. The predicted molar refractivity (Wildman–Crippen MR) is 137 cm³/mol. The number of aromatic nitrogens is 2. The van der Waals surface area contributed by atoms with Gasteiger partial charge in [0.1, 0.15) is 6.10 Å². The molecule has 1 aliphatic heterocycles. The van der Waals surface area contributed by atoms with Gasteiger partial charge in [0.2, 0.25) is 21.7 Å². The third-order valence-corrected chi connectivity index (χ3v) is 7.35. The Balaban J connectivity index is 1.27. The number of benzene rings is 2. The summed E-state index contributed by atoms with van der Waals surface area (Å²) >= 11 is 0. The van der Waals surface area contributed by atoms with Gasteiger partial charge in [0, 0.05) is 50.3 Å². The second-order valence-corrected chi connectivity index (χ2v) is 10.6. The van der Waals surface area contributed by atoms with Gasteiger partial charge in [0.15, 0.2) is 0 Å². The Morgan fingerprint density at radius 1 is 1.08 bits per heavy atom. The number of hydrogen-bond donors (Lipinski definition) is 0. The molecule has 3 aromatic rings. The third kappa shape index (κ3) is 6.36. The normalized spacial score (nSPS) is 16.4.